The Morgan fingerprint density at radius 2 is 1.93 bits per heavy atom. The minimum Gasteiger partial charge on any atom is -0.331 e. The van der Waals surface area contributed by atoms with Crippen molar-refractivity contribution >= 4 is 44.6 Å². The van der Waals surface area contributed by atoms with Crippen LogP contribution in [0.15, 0.2) is 70.9 Å². The largest absolute Gasteiger partial charge is 0.331 e. The SMILES string of the molecule is CN(c1cccc(Cl)c1)S(=O)(=O)c1cccc(C(=O)N2CCC[C@H]2c2cccs2)c1. The summed E-state index contributed by atoms with van der Waals surface area (Å²) in [4.78, 5) is 16.3. The van der Waals surface area contributed by atoms with Crippen molar-refractivity contribution in [3.05, 3.63) is 81.5 Å². The van der Waals surface area contributed by atoms with Gasteiger partial charge in [0.15, 0.2) is 0 Å². The fourth-order valence-corrected chi connectivity index (χ4v) is 6.00. The number of nitrogens with zero attached hydrogens (tertiary/aromatic N) is 2. The van der Waals surface area contributed by atoms with Crippen LogP contribution in [0.25, 0.3) is 0 Å². The lowest BCUT2D eigenvalue weighted by atomic mass is 10.1. The fraction of sp³-hybridized carbons (Fsp3) is 0.227. The second-order valence-corrected chi connectivity index (χ2v) is 10.5. The van der Waals surface area contributed by atoms with E-state index in [0.717, 1.165) is 17.7 Å². The normalized spacial score (nSPS) is 16.6. The van der Waals surface area contributed by atoms with Crippen LogP contribution in [-0.2, 0) is 10.0 Å². The molecule has 1 saturated heterocycles. The summed E-state index contributed by atoms with van der Waals surface area (Å²) in [6, 6.07) is 17.0. The molecule has 30 heavy (non-hydrogen) atoms. The highest BCUT2D eigenvalue weighted by Gasteiger charge is 2.32. The molecule has 0 aliphatic carbocycles. The Kier molecular flexibility index (Phi) is 5.86. The Morgan fingerprint density at radius 3 is 2.67 bits per heavy atom. The molecule has 0 saturated carbocycles. The molecule has 4 rings (SSSR count). The predicted octanol–water partition coefficient (Wildman–Crippen LogP) is 5.20. The van der Waals surface area contributed by atoms with Crippen molar-refractivity contribution in [1.29, 1.82) is 0 Å². The van der Waals surface area contributed by atoms with Gasteiger partial charge in [-0.1, -0.05) is 29.8 Å². The Hall–Kier alpha value is -2.35. The van der Waals surface area contributed by atoms with Crippen LogP contribution < -0.4 is 4.31 Å². The molecule has 0 radical (unpaired) electrons. The lowest BCUT2D eigenvalue weighted by molar-refractivity contribution is 0.0737. The quantitative estimate of drug-likeness (QED) is 0.525. The van der Waals surface area contributed by atoms with Gasteiger partial charge in [0.2, 0.25) is 0 Å². The number of thiophene rings is 1. The van der Waals surface area contributed by atoms with Crippen LogP contribution in [0.4, 0.5) is 5.69 Å². The van der Waals surface area contributed by atoms with Crippen LogP contribution in [0.3, 0.4) is 0 Å². The summed E-state index contributed by atoms with van der Waals surface area (Å²) in [7, 11) is -2.36. The summed E-state index contributed by atoms with van der Waals surface area (Å²) in [6.07, 6.45) is 1.85. The number of amides is 1. The van der Waals surface area contributed by atoms with E-state index in [1.165, 1.54) is 23.5 Å². The molecule has 0 spiro atoms. The van der Waals surface area contributed by atoms with Gasteiger partial charge in [0, 0.05) is 29.1 Å². The molecule has 156 valence electrons. The molecular weight excluding hydrogens is 440 g/mol. The van der Waals surface area contributed by atoms with Crippen molar-refractivity contribution in [3.8, 4) is 0 Å². The molecule has 2 heterocycles. The van der Waals surface area contributed by atoms with Crippen LogP contribution in [0.5, 0.6) is 0 Å². The van der Waals surface area contributed by atoms with Crippen LogP contribution in [0.1, 0.15) is 34.1 Å². The van der Waals surface area contributed by atoms with Gasteiger partial charge in [-0.2, -0.15) is 0 Å². The summed E-state index contributed by atoms with van der Waals surface area (Å²) in [5.74, 6) is -0.145. The minimum absolute atomic E-state index is 0.0481. The van der Waals surface area contributed by atoms with E-state index in [1.807, 2.05) is 22.4 Å². The summed E-state index contributed by atoms with van der Waals surface area (Å²) in [5, 5.41) is 2.46. The van der Waals surface area contributed by atoms with E-state index in [-0.39, 0.29) is 16.8 Å². The summed E-state index contributed by atoms with van der Waals surface area (Å²) >= 11 is 7.65. The minimum atomic E-state index is -3.84. The zero-order valence-corrected chi connectivity index (χ0v) is 18.8. The van der Waals surface area contributed by atoms with Gasteiger partial charge in [-0.15, -0.1) is 11.3 Å². The van der Waals surface area contributed by atoms with Crippen molar-refractivity contribution in [2.75, 3.05) is 17.9 Å². The molecule has 1 atom stereocenters. The topological polar surface area (TPSA) is 57.7 Å². The molecule has 0 bridgehead atoms. The second-order valence-electron chi connectivity index (χ2n) is 7.15. The van der Waals surface area contributed by atoms with E-state index >= 15 is 0 Å². The zero-order chi connectivity index (χ0) is 21.3. The van der Waals surface area contributed by atoms with Crippen molar-refractivity contribution in [3.63, 3.8) is 0 Å². The maximum absolute atomic E-state index is 13.2. The van der Waals surface area contributed by atoms with Crippen LogP contribution in [-0.4, -0.2) is 32.8 Å². The molecule has 8 heteroatoms. The zero-order valence-electron chi connectivity index (χ0n) is 16.4. The monoisotopic (exact) mass is 460 g/mol. The number of benzene rings is 2. The van der Waals surface area contributed by atoms with E-state index in [1.54, 1.807) is 47.7 Å². The van der Waals surface area contributed by atoms with Crippen molar-refractivity contribution in [2.45, 2.75) is 23.8 Å². The first-order valence-corrected chi connectivity index (χ1v) is 12.3. The third kappa shape index (κ3) is 3.97. The van der Waals surface area contributed by atoms with Gasteiger partial charge in [0.25, 0.3) is 15.9 Å². The van der Waals surface area contributed by atoms with Crippen LogP contribution >= 0.6 is 22.9 Å². The lowest BCUT2D eigenvalue weighted by Gasteiger charge is -2.24. The van der Waals surface area contributed by atoms with Gasteiger partial charge in [-0.05, 0) is 60.7 Å². The highest BCUT2D eigenvalue weighted by molar-refractivity contribution is 7.92. The first kappa shape index (κ1) is 20.9. The number of carbonyl (C=O) groups excluding carboxylic acids is 1. The molecule has 5 nitrogen and oxygen atoms in total. The van der Waals surface area contributed by atoms with Crippen LogP contribution in [0, 0.1) is 0 Å². The molecular formula is C22H21ClN2O3S2. The maximum atomic E-state index is 13.2. The summed E-state index contributed by atoms with van der Waals surface area (Å²) in [5.41, 5.74) is 0.829. The molecule has 0 N–H and O–H groups in total. The van der Waals surface area contributed by atoms with Gasteiger partial charge in [0.1, 0.15) is 0 Å². The van der Waals surface area contributed by atoms with Crippen molar-refractivity contribution in [2.24, 2.45) is 0 Å². The van der Waals surface area contributed by atoms with Crippen LogP contribution in [0.2, 0.25) is 5.02 Å². The Morgan fingerprint density at radius 1 is 1.13 bits per heavy atom. The van der Waals surface area contributed by atoms with Gasteiger partial charge in [-0.25, -0.2) is 8.42 Å². The number of rotatable bonds is 5. The van der Waals surface area contributed by atoms with Gasteiger partial charge in [0.05, 0.1) is 16.6 Å². The Balaban J connectivity index is 1.63. The molecule has 0 unspecified atom stereocenters. The molecule has 1 amide bonds. The second kappa shape index (κ2) is 8.41. The van der Waals surface area contributed by atoms with Crippen molar-refractivity contribution in [1.82, 2.24) is 4.90 Å². The van der Waals surface area contributed by atoms with E-state index in [0.29, 0.717) is 22.8 Å². The molecule has 1 fully saturated rings. The molecule has 3 aromatic rings. The number of anilines is 1. The van der Waals surface area contributed by atoms with E-state index in [9.17, 15) is 13.2 Å². The van der Waals surface area contributed by atoms with E-state index in [4.69, 9.17) is 11.6 Å². The van der Waals surface area contributed by atoms with Crippen molar-refractivity contribution < 1.29 is 13.2 Å². The third-order valence-electron chi connectivity index (χ3n) is 5.30. The Labute approximate surface area is 185 Å². The predicted molar refractivity (Wildman–Crippen MR) is 121 cm³/mol. The first-order valence-electron chi connectivity index (χ1n) is 9.57. The van der Waals surface area contributed by atoms with Gasteiger partial charge < -0.3 is 4.90 Å². The fourth-order valence-electron chi connectivity index (χ4n) is 3.71. The highest BCUT2D eigenvalue weighted by atomic mass is 35.5. The highest BCUT2D eigenvalue weighted by Crippen LogP contribution is 2.35. The van der Waals surface area contributed by atoms with Gasteiger partial charge in [-0.3, -0.25) is 9.10 Å². The number of hydrogen-bond donors (Lipinski definition) is 0. The number of hydrogen-bond acceptors (Lipinski definition) is 4. The lowest BCUT2D eigenvalue weighted by Crippen LogP contribution is -2.31. The summed E-state index contributed by atoms with van der Waals surface area (Å²) in [6.45, 7) is 0.667. The molecule has 1 aliphatic heterocycles. The summed E-state index contributed by atoms with van der Waals surface area (Å²) < 4.78 is 27.5. The number of likely N-dealkylation sites (tertiary alicyclic amines) is 1. The molecule has 1 aliphatic rings. The first-order chi connectivity index (χ1) is 14.4. The molecule has 2 aromatic carbocycles. The Bertz CT molecular complexity index is 1160. The number of carbonyl (C=O) groups is 1. The average molecular weight is 461 g/mol. The molecule has 1 aromatic heterocycles. The van der Waals surface area contributed by atoms with E-state index < -0.39 is 10.0 Å². The van der Waals surface area contributed by atoms with Gasteiger partial charge >= 0.3 is 0 Å². The number of sulfonamides is 1. The number of halogens is 1. The van der Waals surface area contributed by atoms with E-state index in [2.05, 4.69) is 0 Å². The maximum Gasteiger partial charge on any atom is 0.264 e. The average Bonchev–Trinajstić information content (AvgIpc) is 3.44. The standard InChI is InChI=1S/C22H21ClN2O3S2/c1-24(18-8-3-7-17(23)15-18)30(27,28)19-9-2-6-16(14-19)22(26)25-12-4-10-20(25)21-11-5-13-29-21/h2-3,5-9,11,13-15,20H,4,10,12H2,1H3/t20-/m0/s1. The smallest absolute Gasteiger partial charge is 0.264 e. The third-order valence-corrected chi connectivity index (χ3v) is 8.29.